The van der Waals surface area contributed by atoms with E-state index in [-0.39, 0.29) is 12.7 Å². The molecule has 3 aliphatic rings. The van der Waals surface area contributed by atoms with E-state index >= 15 is 0 Å². The molecular weight excluding hydrogens is 466 g/mol. The predicted molar refractivity (Wildman–Crippen MR) is 131 cm³/mol. The molecule has 0 radical (unpaired) electrons. The Bertz CT molecular complexity index is 1210. The highest BCUT2D eigenvalue weighted by Crippen LogP contribution is 2.51. The van der Waals surface area contributed by atoms with E-state index in [1.807, 2.05) is 47.4 Å². The molecule has 1 atom stereocenters. The minimum atomic E-state index is -1.44. The van der Waals surface area contributed by atoms with Gasteiger partial charge in [0.2, 0.25) is 12.7 Å². The van der Waals surface area contributed by atoms with Crippen molar-refractivity contribution < 1.29 is 18.8 Å². The van der Waals surface area contributed by atoms with Gasteiger partial charge in [0.15, 0.2) is 16.4 Å². The topological polar surface area (TPSA) is 103 Å². The van der Waals surface area contributed by atoms with E-state index in [1.165, 1.54) is 0 Å². The van der Waals surface area contributed by atoms with Crippen LogP contribution in [0, 0.1) is 0 Å². The zero-order valence-corrected chi connectivity index (χ0v) is 19.9. The fourth-order valence-electron chi connectivity index (χ4n) is 4.69. The second-order valence-corrected chi connectivity index (χ2v) is 10.1. The fraction of sp³-hybridized carbons (Fsp3) is 0.320. The lowest BCUT2D eigenvalue weighted by Gasteiger charge is -2.38. The van der Waals surface area contributed by atoms with Crippen molar-refractivity contribution >= 4 is 28.9 Å². The van der Waals surface area contributed by atoms with Crippen LogP contribution < -0.4 is 19.1 Å². The van der Waals surface area contributed by atoms with E-state index in [0.717, 1.165) is 48.7 Å². The minimum Gasteiger partial charge on any atom is -0.588 e. The van der Waals surface area contributed by atoms with Crippen molar-refractivity contribution in [3.05, 3.63) is 66.5 Å². The van der Waals surface area contributed by atoms with Crippen molar-refractivity contribution in [2.24, 2.45) is 0 Å². The van der Waals surface area contributed by atoms with E-state index in [2.05, 4.69) is 19.6 Å². The molecule has 10 heteroatoms. The van der Waals surface area contributed by atoms with E-state index in [4.69, 9.17) is 9.47 Å². The SMILES string of the molecule is O=C(N1CCN(c2ccc([S+]([O-])Nc3ncccn3)cc2)CC1)C1(c2ccc3c(c2)OCO3)CC1. The zero-order chi connectivity index (χ0) is 23.8. The molecule has 1 N–H and O–H groups in total. The molecule has 0 bridgehead atoms. The Morgan fingerprint density at radius 2 is 1.69 bits per heavy atom. The average molecular weight is 492 g/mol. The number of carbonyl (C=O) groups excluding carboxylic acids is 1. The normalized spacial score (nSPS) is 18.8. The first-order valence-electron chi connectivity index (χ1n) is 11.6. The highest BCUT2D eigenvalue weighted by atomic mass is 32.2. The number of hydrogen-bond acceptors (Lipinski definition) is 8. The lowest BCUT2D eigenvalue weighted by atomic mass is 9.93. The predicted octanol–water partition coefficient (Wildman–Crippen LogP) is 2.72. The highest BCUT2D eigenvalue weighted by molar-refractivity contribution is 7.92. The number of benzene rings is 2. The molecule has 3 heterocycles. The van der Waals surface area contributed by atoms with Gasteiger partial charge in [0.1, 0.15) is 11.4 Å². The van der Waals surface area contributed by atoms with E-state index in [1.54, 1.807) is 18.5 Å². The molecule has 6 rings (SSSR count). The Kier molecular flexibility index (Phi) is 5.62. The van der Waals surface area contributed by atoms with E-state index in [0.29, 0.717) is 23.9 Å². The number of rotatable bonds is 6. The van der Waals surface area contributed by atoms with Gasteiger partial charge in [-0.05, 0) is 60.9 Å². The molecule has 1 unspecified atom stereocenters. The molecule has 9 nitrogen and oxygen atoms in total. The number of hydrogen-bond donors (Lipinski definition) is 1. The van der Waals surface area contributed by atoms with Gasteiger partial charge in [-0.3, -0.25) is 4.79 Å². The molecule has 180 valence electrons. The average Bonchev–Trinajstić information content (AvgIpc) is 3.59. The number of nitrogens with one attached hydrogen (secondary N) is 1. The number of aromatic nitrogens is 2. The van der Waals surface area contributed by atoms with Crippen molar-refractivity contribution in [3.8, 4) is 11.5 Å². The lowest BCUT2D eigenvalue weighted by Crippen LogP contribution is -2.51. The van der Waals surface area contributed by atoms with Gasteiger partial charge in [0.05, 0.1) is 5.41 Å². The van der Waals surface area contributed by atoms with Gasteiger partial charge in [0, 0.05) is 44.3 Å². The smallest absolute Gasteiger partial charge is 0.265 e. The second-order valence-electron chi connectivity index (χ2n) is 8.87. The van der Waals surface area contributed by atoms with Gasteiger partial charge in [-0.2, -0.15) is 4.72 Å². The number of fused-ring (bicyclic) bond motifs is 1. The first-order valence-corrected chi connectivity index (χ1v) is 12.8. The van der Waals surface area contributed by atoms with Gasteiger partial charge in [0.25, 0.3) is 5.95 Å². The van der Waals surface area contributed by atoms with Crippen LogP contribution in [0.3, 0.4) is 0 Å². The minimum absolute atomic E-state index is 0.205. The number of carbonyl (C=O) groups is 1. The summed E-state index contributed by atoms with van der Waals surface area (Å²) < 4.78 is 26.3. The molecule has 1 aromatic heterocycles. The van der Waals surface area contributed by atoms with Gasteiger partial charge < -0.3 is 23.8 Å². The summed E-state index contributed by atoms with van der Waals surface area (Å²) in [6, 6.07) is 15.2. The summed E-state index contributed by atoms with van der Waals surface area (Å²) >= 11 is -1.44. The first kappa shape index (κ1) is 22.0. The molecule has 1 amide bonds. The highest BCUT2D eigenvalue weighted by Gasteiger charge is 2.53. The molecule has 0 spiro atoms. The quantitative estimate of drug-likeness (QED) is 0.525. The summed E-state index contributed by atoms with van der Waals surface area (Å²) in [5.41, 5.74) is 1.64. The Balaban J connectivity index is 1.07. The molecule has 1 saturated heterocycles. The summed E-state index contributed by atoms with van der Waals surface area (Å²) in [7, 11) is 0. The van der Waals surface area contributed by atoms with Crippen LogP contribution in [0.2, 0.25) is 0 Å². The number of anilines is 2. The van der Waals surface area contributed by atoms with Crippen LogP contribution in [-0.4, -0.2) is 58.3 Å². The van der Waals surface area contributed by atoms with Crippen LogP contribution in [0.4, 0.5) is 11.6 Å². The Labute approximate surface area is 206 Å². The van der Waals surface area contributed by atoms with E-state index < -0.39 is 16.8 Å². The maximum absolute atomic E-state index is 13.5. The number of nitrogens with zero attached hydrogens (tertiary/aromatic N) is 4. The molecule has 35 heavy (non-hydrogen) atoms. The van der Waals surface area contributed by atoms with Crippen molar-refractivity contribution in [1.82, 2.24) is 14.9 Å². The summed E-state index contributed by atoms with van der Waals surface area (Å²) in [6.07, 6.45) is 4.93. The van der Waals surface area contributed by atoms with Gasteiger partial charge >= 0.3 is 0 Å². The van der Waals surface area contributed by atoms with Crippen molar-refractivity contribution in [2.45, 2.75) is 23.2 Å². The van der Waals surface area contributed by atoms with Crippen molar-refractivity contribution in [2.75, 3.05) is 42.6 Å². The molecule has 2 aromatic carbocycles. The van der Waals surface area contributed by atoms with Crippen LogP contribution in [0.1, 0.15) is 18.4 Å². The van der Waals surface area contributed by atoms with Crippen LogP contribution in [0.15, 0.2) is 65.8 Å². The molecular formula is C25H25N5O4S. The summed E-state index contributed by atoms with van der Waals surface area (Å²) in [4.78, 5) is 26.5. The molecule has 2 aliphatic heterocycles. The zero-order valence-electron chi connectivity index (χ0n) is 19.1. The van der Waals surface area contributed by atoms with Gasteiger partial charge in [-0.15, -0.1) is 0 Å². The Morgan fingerprint density at radius 3 is 2.40 bits per heavy atom. The first-order chi connectivity index (χ1) is 17.1. The van der Waals surface area contributed by atoms with Crippen molar-refractivity contribution in [1.29, 1.82) is 0 Å². The maximum atomic E-state index is 13.5. The molecule has 2 fully saturated rings. The van der Waals surface area contributed by atoms with Gasteiger partial charge in [-0.1, -0.05) is 6.07 Å². The lowest BCUT2D eigenvalue weighted by molar-refractivity contribution is -0.134. The molecule has 1 saturated carbocycles. The fourth-order valence-corrected chi connectivity index (χ4v) is 5.46. The molecule has 1 aliphatic carbocycles. The number of amides is 1. The third-order valence-corrected chi connectivity index (χ3v) is 7.89. The summed E-state index contributed by atoms with van der Waals surface area (Å²) in [6.45, 7) is 3.08. The van der Waals surface area contributed by atoms with Crippen molar-refractivity contribution in [3.63, 3.8) is 0 Å². The Morgan fingerprint density at radius 1 is 0.971 bits per heavy atom. The van der Waals surface area contributed by atoms with E-state index in [9.17, 15) is 9.35 Å². The molecule has 3 aromatic rings. The Hall–Kier alpha value is -3.50. The van der Waals surface area contributed by atoms with Crippen LogP contribution >= 0.6 is 0 Å². The summed E-state index contributed by atoms with van der Waals surface area (Å²) in [5.74, 6) is 1.99. The second kappa shape index (κ2) is 8.94. The standard InChI is InChI=1S/C25H25N5O4S/c31-23(25(8-9-25)18-2-7-21-22(16-18)34-17-33-21)30-14-12-29(13-15-30)19-3-5-20(6-4-19)35(32)28-24-26-10-1-11-27-24/h1-7,10-11,16H,8-9,12-15,17H2,(H,26,27,28). The largest absolute Gasteiger partial charge is 0.588 e. The van der Waals surface area contributed by atoms with Crippen LogP contribution in [-0.2, 0) is 21.6 Å². The number of ether oxygens (including phenoxy) is 2. The van der Waals surface area contributed by atoms with Crippen LogP contribution in [0.25, 0.3) is 0 Å². The van der Waals surface area contributed by atoms with Crippen LogP contribution in [0.5, 0.6) is 11.5 Å². The van der Waals surface area contributed by atoms with Gasteiger partial charge in [-0.25, -0.2) is 9.97 Å². The summed E-state index contributed by atoms with van der Waals surface area (Å²) in [5, 5.41) is 0. The third kappa shape index (κ3) is 4.23. The third-order valence-electron chi connectivity index (χ3n) is 6.82. The number of piperazine rings is 1. The maximum Gasteiger partial charge on any atom is 0.265 e. The monoisotopic (exact) mass is 491 g/mol.